The Balaban J connectivity index is 2.12. The highest BCUT2D eigenvalue weighted by molar-refractivity contribution is 5.88. The molecule has 2 rings (SSSR count). The summed E-state index contributed by atoms with van der Waals surface area (Å²) in [5.74, 6) is -0.0902. The minimum absolute atomic E-state index is 0.118. The van der Waals surface area contributed by atoms with E-state index in [9.17, 15) is 9.59 Å². The van der Waals surface area contributed by atoms with Gasteiger partial charge in [-0.2, -0.15) is 0 Å². The van der Waals surface area contributed by atoms with E-state index in [2.05, 4.69) is 42.5 Å². The van der Waals surface area contributed by atoms with E-state index in [4.69, 9.17) is 0 Å². The summed E-state index contributed by atoms with van der Waals surface area (Å²) in [4.78, 5) is 27.7. The normalized spacial score (nSPS) is 12.3. The van der Waals surface area contributed by atoms with Crippen LogP contribution in [0.4, 0.5) is 0 Å². The maximum absolute atomic E-state index is 13.0. The summed E-state index contributed by atoms with van der Waals surface area (Å²) in [5.41, 5.74) is 3.05. The molecule has 2 amide bonds. The molecule has 0 fully saturated rings. The Hall–Kier alpha value is -2.66. The minimum Gasteiger partial charge on any atom is -0.350 e. The molecule has 0 aliphatic heterocycles. The molecule has 0 aliphatic rings. The van der Waals surface area contributed by atoms with E-state index in [1.54, 1.807) is 0 Å². The van der Waals surface area contributed by atoms with Gasteiger partial charge in [0, 0.05) is 25.6 Å². The van der Waals surface area contributed by atoms with Crippen LogP contribution in [-0.2, 0) is 22.7 Å². The highest BCUT2D eigenvalue weighted by atomic mass is 16.2. The lowest BCUT2D eigenvalue weighted by molar-refractivity contribution is -0.129. The molecule has 5 heteroatoms. The number of carbonyl (C=O) groups is 2. The first-order valence-electron chi connectivity index (χ1n) is 10.7. The van der Waals surface area contributed by atoms with Gasteiger partial charge in [-0.25, -0.2) is 0 Å². The molecule has 0 saturated heterocycles. The molecule has 1 unspecified atom stereocenters. The number of carbonyl (C=O) groups excluding carboxylic acids is 2. The van der Waals surface area contributed by atoms with Gasteiger partial charge in [-0.15, -0.1) is 0 Å². The highest BCUT2D eigenvalue weighted by Gasteiger charge is 2.23. The van der Waals surface area contributed by atoms with Gasteiger partial charge in [0.25, 0.3) is 0 Å². The van der Waals surface area contributed by atoms with Crippen molar-refractivity contribution in [3.8, 4) is 0 Å². The fraction of sp³-hybridized carbons (Fsp3) is 0.440. The van der Waals surface area contributed by atoms with Crippen LogP contribution in [0.1, 0.15) is 56.8 Å². The van der Waals surface area contributed by atoms with E-state index in [0.717, 1.165) is 17.7 Å². The second-order valence-electron chi connectivity index (χ2n) is 8.50. The van der Waals surface area contributed by atoms with Crippen LogP contribution >= 0.6 is 0 Å². The van der Waals surface area contributed by atoms with Crippen molar-refractivity contribution in [1.82, 2.24) is 15.5 Å². The Labute approximate surface area is 180 Å². The van der Waals surface area contributed by atoms with Gasteiger partial charge in [0.15, 0.2) is 0 Å². The lowest BCUT2D eigenvalue weighted by Crippen LogP contribution is -2.40. The zero-order valence-electron chi connectivity index (χ0n) is 18.8. The second kappa shape index (κ2) is 11.5. The quantitative estimate of drug-likeness (QED) is 0.622. The van der Waals surface area contributed by atoms with E-state index >= 15 is 0 Å². The second-order valence-corrected chi connectivity index (χ2v) is 8.50. The maximum atomic E-state index is 13.0. The monoisotopic (exact) mass is 409 g/mol. The number of amides is 2. The number of rotatable bonds is 10. The first-order chi connectivity index (χ1) is 14.3. The number of nitrogens with one attached hydrogen (secondary N) is 2. The fourth-order valence-corrected chi connectivity index (χ4v) is 3.16. The van der Waals surface area contributed by atoms with Gasteiger partial charge >= 0.3 is 0 Å². The Morgan fingerprint density at radius 2 is 1.50 bits per heavy atom. The van der Waals surface area contributed by atoms with Crippen molar-refractivity contribution in [2.24, 2.45) is 5.92 Å². The third-order valence-electron chi connectivity index (χ3n) is 5.17. The first-order valence-corrected chi connectivity index (χ1v) is 10.7. The Morgan fingerprint density at radius 1 is 0.900 bits per heavy atom. The number of benzene rings is 2. The third-order valence-corrected chi connectivity index (χ3v) is 5.17. The maximum Gasteiger partial charge on any atom is 0.247 e. The molecule has 0 aliphatic carbocycles. The van der Waals surface area contributed by atoms with Crippen LogP contribution in [0.2, 0.25) is 0 Å². The zero-order valence-corrected chi connectivity index (χ0v) is 18.8. The van der Waals surface area contributed by atoms with Gasteiger partial charge in [-0.1, -0.05) is 68.4 Å². The van der Waals surface area contributed by atoms with Crippen LogP contribution in [0.3, 0.4) is 0 Å². The minimum atomic E-state index is -0.706. The van der Waals surface area contributed by atoms with Gasteiger partial charge in [0.05, 0.1) is 0 Å². The molecule has 0 bridgehead atoms. The van der Waals surface area contributed by atoms with Gasteiger partial charge in [0.2, 0.25) is 11.8 Å². The topological polar surface area (TPSA) is 61.4 Å². The summed E-state index contributed by atoms with van der Waals surface area (Å²) < 4.78 is 0. The van der Waals surface area contributed by atoms with Crippen molar-refractivity contribution in [2.45, 2.75) is 59.3 Å². The Kier molecular flexibility index (Phi) is 9.06. The van der Waals surface area contributed by atoms with Gasteiger partial charge in [0.1, 0.15) is 6.04 Å². The predicted octanol–water partition coefficient (Wildman–Crippen LogP) is 4.05. The van der Waals surface area contributed by atoms with Crippen molar-refractivity contribution >= 4 is 11.8 Å². The van der Waals surface area contributed by atoms with E-state index in [0.29, 0.717) is 19.0 Å². The molecule has 0 radical (unpaired) electrons. The summed E-state index contributed by atoms with van der Waals surface area (Å²) >= 11 is 0. The van der Waals surface area contributed by atoms with Gasteiger partial charge in [-0.05, 0) is 43.5 Å². The smallest absolute Gasteiger partial charge is 0.247 e. The molecule has 30 heavy (non-hydrogen) atoms. The largest absolute Gasteiger partial charge is 0.350 e. The number of nitrogens with zero attached hydrogens (tertiary/aromatic N) is 1. The van der Waals surface area contributed by atoms with Crippen molar-refractivity contribution in [2.75, 3.05) is 7.05 Å². The van der Waals surface area contributed by atoms with Crippen LogP contribution in [0.25, 0.3) is 0 Å². The highest BCUT2D eigenvalue weighted by Crippen LogP contribution is 2.16. The summed E-state index contributed by atoms with van der Waals surface area (Å²) in [7, 11) is 2.09. The average Bonchev–Trinajstić information content (AvgIpc) is 2.71. The van der Waals surface area contributed by atoms with Crippen LogP contribution in [0.15, 0.2) is 54.6 Å². The van der Waals surface area contributed by atoms with E-state index in [1.165, 1.54) is 5.56 Å². The third kappa shape index (κ3) is 7.30. The van der Waals surface area contributed by atoms with Crippen molar-refractivity contribution in [1.29, 1.82) is 0 Å². The molecule has 0 heterocycles. The molecule has 1 atom stereocenters. The van der Waals surface area contributed by atoms with Crippen LogP contribution in [0.5, 0.6) is 0 Å². The predicted molar refractivity (Wildman–Crippen MR) is 122 cm³/mol. The lowest BCUT2D eigenvalue weighted by atomic mass is 10.0. The molecule has 0 saturated carbocycles. The molecule has 0 spiro atoms. The molecule has 5 nitrogen and oxygen atoms in total. The zero-order chi connectivity index (χ0) is 22.1. The molecular formula is C25H35N3O2. The van der Waals surface area contributed by atoms with Crippen molar-refractivity contribution < 1.29 is 9.59 Å². The average molecular weight is 410 g/mol. The fourth-order valence-electron chi connectivity index (χ4n) is 3.16. The Morgan fingerprint density at radius 3 is 2.10 bits per heavy atom. The number of hydrogen-bond acceptors (Lipinski definition) is 3. The van der Waals surface area contributed by atoms with Crippen molar-refractivity contribution in [3.05, 3.63) is 71.3 Å². The number of hydrogen-bond donors (Lipinski definition) is 2. The van der Waals surface area contributed by atoms with E-state index in [-0.39, 0.29) is 17.7 Å². The molecule has 2 aromatic carbocycles. The summed E-state index contributed by atoms with van der Waals surface area (Å²) in [5, 5.41) is 5.93. The van der Waals surface area contributed by atoms with E-state index < -0.39 is 6.04 Å². The lowest BCUT2D eigenvalue weighted by Gasteiger charge is -2.23. The molecule has 2 N–H and O–H groups in total. The molecule has 0 aromatic heterocycles. The van der Waals surface area contributed by atoms with Crippen LogP contribution in [0, 0.1) is 5.92 Å². The Bertz CT molecular complexity index is 818. The first kappa shape index (κ1) is 23.6. The summed E-state index contributed by atoms with van der Waals surface area (Å²) in [6, 6.07) is 17.3. The van der Waals surface area contributed by atoms with Crippen LogP contribution < -0.4 is 10.6 Å². The standard InChI is InChI=1S/C25H35N3O2/c1-18(2)15-23(29)27-24(20-11-7-6-8-12-20)25(30)26-16-21-13-9-10-14-22(21)17-28(5)19(3)4/h6-14,18-19,24H,15-17H2,1-5H3,(H,26,30)(H,27,29). The van der Waals surface area contributed by atoms with Gasteiger partial charge in [-0.3, -0.25) is 14.5 Å². The molecular weight excluding hydrogens is 374 g/mol. The van der Waals surface area contributed by atoms with E-state index in [1.807, 2.05) is 62.4 Å². The molecule has 2 aromatic rings. The van der Waals surface area contributed by atoms with Crippen LogP contribution in [-0.4, -0.2) is 29.8 Å². The van der Waals surface area contributed by atoms with Gasteiger partial charge < -0.3 is 10.6 Å². The SMILES string of the molecule is CC(C)CC(=O)NC(C(=O)NCc1ccccc1CN(C)C(C)C)c1ccccc1. The summed E-state index contributed by atoms with van der Waals surface area (Å²) in [6.07, 6.45) is 0.390. The summed E-state index contributed by atoms with van der Waals surface area (Å²) in [6.45, 7) is 9.54. The van der Waals surface area contributed by atoms with Crippen molar-refractivity contribution in [3.63, 3.8) is 0 Å². The molecule has 162 valence electrons.